The smallest absolute Gasteiger partial charge is 0.365 e. The van der Waals surface area contributed by atoms with Crippen LogP contribution in [0.25, 0.3) is 0 Å². The highest BCUT2D eigenvalue weighted by Gasteiger charge is 2.29. The maximum Gasteiger partial charge on any atom is 0.405 e. The number of alkyl halides is 3. The molecule has 0 radical (unpaired) electrons. The van der Waals surface area contributed by atoms with Gasteiger partial charge in [0.05, 0.1) is 0 Å². The van der Waals surface area contributed by atoms with Gasteiger partial charge in [0.15, 0.2) is 0 Å². The lowest BCUT2D eigenvalue weighted by atomic mass is 10.1. The quantitative estimate of drug-likeness (QED) is 0.929. The number of anilines is 1. The molecule has 0 spiro atoms. The van der Waals surface area contributed by atoms with E-state index < -0.39 is 12.7 Å². The van der Waals surface area contributed by atoms with Gasteiger partial charge < -0.3 is 10.6 Å². The van der Waals surface area contributed by atoms with Crippen LogP contribution in [0.4, 0.5) is 18.9 Å². The second-order valence-electron chi connectivity index (χ2n) is 3.45. The molecule has 0 aromatic heterocycles. The van der Waals surface area contributed by atoms with Gasteiger partial charge >= 0.3 is 6.18 Å². The van der Waals surface area contributed by atoms with Crippen LogP contribution in [0.3, 0.4) is 0 Å². The van der Waals surface area contributed by atoms with Crippen LogP contribution in [0.1, 0.15) is 5.56 Å². The minimum Gasteiger partial charge on any atom is -0.365 e. The van der Waals surface area contributed by atoms with Crippen molar-refractivity contribution < 1.29 is 13.2 Å². The lowest BCUT2D eigenvalue weighted by Crippen LogP contribution is -2.31. The highest BCUT2D eigenvalue weighted by Crippen LogP contribution is 2.26. The monoisotopic (exact) mass is 296 g/mol. The lowest BCUT2D eigenvalue weighted by molar-refractivity contribution is -0.119. The Balaban J connectivity index is 2.94. The summed E-state index contributed by atoms with van der Waals surface area (Å²) in [5.41, 5.74) is 6.68. The van der Waals surface area contributed by atoms with Gasteiger partial charge in [0.25, 0.3) is 0 Å². The molecule has 2 N–H and O–H groups in total. The number of hydrogen-bond donors (Lipinski definition) is 1. The molecule has 6 heteroatoms. The first-order valence-corrected chi connectivity index (χ1v) is 5.39. The zero-order valence-electron chi connectivity index (χ0n) is 8.68. The predicted octanol–water partition coefficient (Wildman–Crippen LogP) is 2.91. The van der Waals surface area contributed by atoms with Crippen LogP contribution in [0.5, 0.6) is 0 Å². The molecule has 0 aliphatic rings. The molecule has 0 fully saturated rings. The summed E-state index contributed by atoms with van der Waals surface area (Å²) in [6.07, 6.45) is -4.21. The van der Waals surface area contributed by atoms with E-state index in [-0.39, 0.29) is 6.54 Å². The fourth-order valence-corrected chi connectivity index (χ4v) is 1.85. The number of rotatable bonds is 3. The van der Waals surface area contributed by atoms with Crippen LogP contribution in [0, 0.1) is 0 Å². The molecule has 0 saturated heterocycles. The molecule has 0 unspecified atom stereocenters. The van der Waals surface area contributed by atoms with Crippen molar-refractivity contribution >= 4 is 21.6 Å². The van der Waals surface area contributed by atoms with E-state index in [1.807, 2.05) is 0 Å². The van der Waals surface area contributed by atoms with Gasteiger partial charge in [0, 0.05) is 23.8 Å². The second-order valence-corrected chi connectivity index (χ2v) is 4.36. The van der Waals surface area contributed by atoms with Gasteiger partial charge in [-0.1, -0.05) is 15.9 Å². The summed E-state index contributed by atoms with van der Waals surface area (Å²) in [6.45, 7) is -0.779. The summed E-state index contributed by atoms with van der Waals surface area (Å²) < 4.78 is 37.5. The standard InChI is InChI=1S/C10H12BrF3N2/c1-16(6-10(12,13)14)9-3-2-8(11)4-7(9)5-15/h2-4H,5-6,15H2,1H3. The van der Waals surface area contributed by atoms with E-state index in [4.69, 9.17) is 5.73 Å². The summed E-state index contributed by atoms with van der Waals surface area (Å²) in [5.74, 6) is 0. The third kappa shape index (κ3) is 3.68. The Morgan fingerprint density at radius 3 is 2.50 bits per heavy atom. The maximum absolute atomic E-state index is 12.2. The van der Waals surface area contributed by atoms with Crippen LogP contribution >= 0.6 is 15.9 Å². The topological polar surface area (TPSA) is 29.3 Å². The van der Waals surface area contributed by atoms with Crippen molar-refractivity contribution in [1.82, 2.24) is 0 Å². The maximum atomic E-state index is 12.2. The van der Waals surface area contributed by atoms with Gasteiger partial charge in [-0.15, -0.1) is 0 Å². The minimum absolute atomic E-state index is 0.205. The molecule has 1 rings (SSSR count). The lowest BCUT2D eigenvalue weighted by Gasteiger charge is -2.23. The van der Waals surface area contributed by atoms with E-state index in [2.05, 4.69) is 15.9 Å². The Morgan fingerprint density at radius 1 is 1.38 bits per heavy atom. The zero-order valence-corrected chi connectivity index (χ0v) is 10.3. The Labute approximate surface area is 100 Å². The molecule has 0 aliphatic carbocycles. The van der Waals surface area contributed by atoms with Crippen molar-refractivity contribution in [2.24, 2.45) is 5.73 Å². The molecule has 0 atom stereocenters. The van der Waals surface area contributed by atoms with Gasteiger partial charge in [0.2, 0.25) is 0 Å². The summed E-state index contributed by atoms with van der Waals surface area (Å²) in [4.78, 5) is 1.15. The average molecular weight is 297 g/mol. The first-order valence-electron chi connectivity index (χ1n) is 4.60. The Hall–Kier alpha value is -0.750. The van der Waals surface area contributed by atoms with Crippen molar-refractivity contribution in [3.63, 3.8) is 0 Å². The van der Waals surface area contributed by atoms with Crippen LogP contribution < -0.4 is 10.6 Å². The van der Waals surface area contributed by atoms with E-state index in [0.717, 1.165) is 9.37 Å². The van der Waals surface area contributed by atoms with Crippen molar-refractivity contribution in [3.05, 3.63) is 28.2 Å². The molecule has 2 nitrogen and oxygen atoms in total. The average Bonchev–Trinajstić information content (AvgIpc) is 2.14. The highest BCUT2D eigenvalue weighted by atomic mass is 79.9. The molecular formula is C10H12BrF3N2. The summed E-state index contributed by atoms with van der Waals surface area (Å²) in [5, 5.41) is 0. The SMILES string of the molecule is CN(CC(F)(F)F)c1ccc(Br)cc1CN. The Kier molecular flexibility index (Phi) is 4.21. The molecule has 0 aliphatic heterocycles. The van der Waals surface area contributed by atoms with Crippen LogP contribution in [-0.4, -0.2) is 19.8 Å². The van der Waals surface area contributed by atoms with Gasteiger partial charge in [0.1, 0.15) is 6.54 Å². The van der Waals surface area contributed by atoms with Crippen LogP contribution in [0.2, 0.25) is 0 Å². The first-order chi connectivity index (χ1) is 7.33. The molecule has 1 aromatic carbocycles. The molecule has 16 heavy (non-hydrogen) atoms. The molecule has 0 bridgehead atoms. The largest absolute Gasteiger partial charge is 0.405 e. The summed E-state index contributed by atoms with van der Waals surface area (Å²) in [7, 11) is 1.40. The molecule has 0 amide bonds. The van der Waals surface area contributed by atoms with Crippen molar-refractivity contribution in [2.45, 2.75) is 12.7 Å². The fraction of sp³-hybridized carbons (Fsp3) is 0.400. The first kappa shape index (κ1) is 13.3. The molecule has 90 valence electrons. The van der Waals surface area contributed by atoms with Crippen LogP contribution in [-0.2, 0) is 6.54 Å². The van der Waals surface area contributed by atoms with Gasteiger partial charge in [-0.25, -0.2) is 0 Å². The van der Waals surface area contributed by atoms with E-state index in [1.165, 1.54) is 7.05 Å². The molecular weight excluding hydrogens is 285 g/mol. The molecule has 0 heterocycles. The normalized spacial score (nSPS) is 11.6. The highest BCUT2D eigenvalue weighted by molar-refractivity contribution is 9.10. The molecule has 0 saturated carbocycles. The third-order valence-corrected chi connectivity index (χ3v) is 2.58. The number of nitrogens with two attached hydrogens (primary N) is 1. The number of benzene rings is 1. The van der Waals surface area contributed by atoms with Crippen LogP contribution in [0.15, 0.2) is 22.7 Å². The fourth-order valence-electron chi connectivity index (χ4n) is 1.44. The summed E-state index contributed by atoms with van der Waals surface area (Å²) in [6, 6.07) is 5.04. The third-order valence-electron chi connectivity index (χ3n) is 2.09. The van der Waals surface area contributed by atoms with Gasteiger partial charge in [-0.2, -0.15) is 13.2 Å². The van der Waals surface area contributed by atoms with E-state index >= 15 is 0 Å². The van der Waals surface area contributed by atoms with Crippen molar-refractivity contribution in [2.75, 3.05) is 18.5 Å². The Bertz CT molecular complexity index is 366. The molecule has 1 aromatic rings. The van der Waals surface area contributed by atoms with Crippen molar-refractivity contribution in [1.29, 1.82) is 0 Å². The van der Waals surface area contributed by atoms with Gasteiger partial charge in [-0.05, 0) is 23.8 Å². The Morgan fingerprint density at radius 2 is 2.00 bits per heavy atom. The number of halogens is 4. The predicted molar refractivity (Wildman–Crippen MR) is 61.4 cm³/mol. The minimum atomic E-state index is -4.21. The number of nitrogens with zero attached hydrogens (tertiary/aromatic N) is 1. The van der Waals surface area contributed by atoms with E-state index in [9.17, 15) is 13.2 Å². The van der Waals surface area contributed by atoms with E-state index in [0.29, 0.717) is 11.3 Å². The zero-order chi connectivity index (χ0) is 12.3. The number of hydrogen-bond acceptors (Lipinski definition) is 2. The second kappa shape index (κ2) is 5.05. The van der Waals surface area contributed by atoms with Gasteiger partial charge in [-0.3, -0.25) is 0 Å². The van der Waals surface area contributed by atoms with Crippen molar-refractivity contribution in [3.8, 4) is 0 Å². The summed E-state index contributed by atoms with van der Waals surface area (Å²) >= 11 is 3.25. The van der Waals surface area contributed by atoms with E-state index in [1.54, 1.807) is 18.2 Å².